The number of nitrogens with zero attached hydrogens (tertiary/aromatic N) is 1. The molecule has 1 aromatic rings. The van der Waals surface area contributed by atoms with Gasteiger partial charge in [-0.3, -0.25) is 0 Å². The second kappa shape index (κ2) is 4.25. The van der Waals surface area contributed by atoms with Crippen LogP contribution in [0.15, 0.2) is 18.2 Å². The first-order valence-electron chi connectivity index (χ1n) is 6.49. The maximum Gasteiger partial charge on any atom is 0.0416 e. The van der Waals surface area contributed by atoms with Crippen molar-refractivity contribution in [2.24, 2.45) is 11.3 Å². The fourth-order valence-corrected chi connectivity index (χ4v) is 2.65. The van der Waals surface area contributed by atoms with Gasteiger partial charge in [0.05, 0.1) is 0 Å². The van der Waals surface area contributed by atoms with Crippen molar-refractivity contribution in [3.05, 3.63) is 23.8 Å². The molecule has 1 fully saturated rings. The standard InChI is InChI=1S/C15H24N2/c1-11-5-6-13(16)9-14(11)17-8-7-12(10-17)15(2,3)4/h5-6,9,12H,7-8,10,16H2,1-4H3. The van der Waals surface area contributed by atoms with E-state index in [1.165, 1.54) is 17.7 Å². The summed E-state index contributed by atoms with van der Waals surface area (Å²) in [5.74, 6) is 0.781. The number of benzene rings is 1. The number of hydrogen-bond donors (Lipinski definition) is 1. The smallest absolute Gasteiger partial charge is 0.0416 e. The predicted molar refractivity (Wildman–Crippen MR) is 75.4 cm³/mol. The number of hydrogen-bond acceptors (Lipinski definition) is 2. The molecular formula is C15H24N2. The van der Waals surface area contributed by atoms with Crippen molar-refractivity contribution in [3.8, 4) is 0 Å². The lowest BCUT2D eigenvalue weighted by molar-refractivity contribution is 0.263. The van der Waals surface area contributed by atoms with Crippen LogP contribution < -0.4 is 10.6 Å². The molecule has 0 saturated carbocycles. The quantitative estimate of drug-likeness (QED) is 0.751. The van der Waals surface area contributed by atoms with E-state index in [4.69, 9.17) is 5.73 Å². The molecular weight excluding hydrogens is 208 g/mol. The van der Waals surface area contributed by atoms with Gasteiger partial charge in [-0.25, -0.2) is 0 Å². The lowest BCUT2D eigenvalue weighted by Gasteiger charge is -2.28. The minimum Gasteiger partial charge on any atom is -0.399 e. The molecule has 1 aliphatic rings. The van der Waals surface area contributed by atoms with E-state index in [-0.39, 0.29) is 0 Å². The van der Waals surface area contributed by atoms with Gasteiger partial charge in [0.25, 0.3) is 0 Å². The number of anilines is 2. The zero-order valence-electron chi connectivity index (χ0n) is 11.5. The summed E-state index contributed by atoms with van der Waals surface area (Å²) in [5, 5.41) is 0. The van der Waals surface area contributed by atoms with Crippen molar-refractivity contribution < 1.29 is 0 Å². The topological polar surface area (TPSA) is 29.3 Å². The summed E-state index contributed by atoms with van der Waals surface area (Å²) in [6, 6.07) is 6.21. The highest BCUT2D eigenvalue weighted by molar-refractivity contribution is 5.61. The van der Waals surface area contributed by atoms with Crippen LogP contribution in [0.5, 0.6) is 0 Å². The average Bonchev–Trinajstić information content (AvgIpc) is 2.70. The summed E-state index contributed by atoms with van der Waals surface area (Å²) < 4.78 is 0. The maximum atomic E-state index is 5.89. The van der Waals surface area contributed by atoms with Gasteiger partial charge in [0.15, 0.2) is 0 Å². The molecule has 0 amide bonds. The Bertz CT molecular complexity index is 404. The number of nitrogens with two attached hydrogens (primary N) is 1. The highest BCUT2D eigenvalue weighted by Gasteiger charge is 2.32. The molecule has 2 nitrogen and oxygen atoms in total. The Labute approximate surface area is 105 Å². The molecule has 2 N–H and O–H groups in total. The van der Waals surface area contributed by atoms with Gasteiger partial charge in [0.2, 0.25) is 0 Å². The third kappa shape index (κ3) is 2.56. The highest BCUT2D eigenvalue weighted by Crippen LogP contribution is 2.36. The van der Waals surface area contributed by atoms with Crippen LogP contribution in [0.25, 0.3) is 0 Å². The predicted octanol–water partition coefficient (Wildman–Crippen LogP) is 3.45. The van der Waals surface area contributed by atoms with Gasteiger partial charge < -0.3 is 10.6 Å². The SMILES string of the molecule is Cc1ccc(N)cc1N1CCC(C(C)(C)C)C1. The minimum absolute atomic E-state index is 0.406. The molecule has 94 valence electrons. The largest absolute Gasteiger partial charge is 0.399 e. The zero-order chi connectivity index (χ0) is 12.6. The van der Waals surface area contributed by atoms with E-state index < -0.39 is 0 Å². The lowest BCUT2D eigenvalue weighted by Crippen LogP contribution is -2.26. The molecule has 0 aromatic heterocycles. The molecule has 0 aliphatic carbocycles. The van der Waals surface area contributed by atoms with E-state index >= 15 is 0 Å². The molecule has 2 heteroatoms. The summed E-state index contributed by atoms with van der Waals surface area (Å²) in [4.78, 5) is 2.49. The molecule has 0 spiro atoms. The Morgan fingerprint density at radius 3 is 2.59 bits per heavy atom. The van der Waals surface area contributed by atoms with Crippen LogP contribution in [-0.2, 0) is 0 Å². The average molecular weight is 232 g/mol. The van der Waals surface area contributed by atoms with Gasteiger partial charge in [0.1, 0.15) is 0 Å². The molecule has 0 bridgehead atoms. The van der Waals surface area contributed by atoms with Crippen molar-refractivity contribution in [2.45, 2.75) is 34.1 Å². The van der Waals surface area contributed by atoms with Crippen LogP contribution in [0.4, 0.5) is 11.4 Å². The van der Waals surface area contributed by atoms with Gasteiger partial charge in [-0.1, -0.05) is 26.8 Å². The lowest BCUT2D eigenvalue weighted by atomic mass is 9.80. The maximum absolute atomic E-state index is 5.89. The first-order chi connectivity index (χ1) is 7.88. The van der Waals surface area contributed by atoms with Crippen LogP contribution in [0.2, 0.25) is 0 Å². The van der Waals surface area contributed by atoms with Crippen LogP contribution in [0.3, 0.4) is 0 Å². The third-order valence-corrected chi connectivity index (χ3v) is 3.99. The van der Waals surface area contributed by atoms with Crippen molar-refractivity contribution in [3.63, 3.8) is 0 Å². The molecule has 2 rings (SSSR count). The Morgan fingerprint density at radius 2 is 2.00 bits per heavy atom. The van der Waals surface area contributed by atoms with Gasteiger partial charge in [0, 0.05) is 24.5 Å². The molecule has 1 aliphatic heterocycles. The number of aryl methyl sites for hydroxylation is 1. The van der Waals surface area contributed by atoms with E-state index in [0.717, 1.165) is 24.7 Å². The summed E-state index contributed by atoms with van der Waals surface area (Å²) >= 11 is 0. The Balaban J connectivity index is 2.18. The number of rotatable bonds is 1. The monoisotopic (exact) mass is 232 g/mol. The third-order valence-electron chi connectivity index (χ3n) is 3.99. The van der Waals surface area contributed by atoms with Crippen LogP contribution in [0, 0.1) is 18.3 Å². The van der Waals surface area contributed by atoms with Crippen molar-refractivity contribution >= 4 is 11.4 Å². The Kier molecular flexibility index (Phi) is 3.07. The molecule has 1 heterocycles. The van der Waals surface area contributed by atoms with Crippen molar-refractivity contribution in [1.82, 2.24) is 0 Å². The summed E-state index contributed by atoms with van der Waals surface area (Å²) in [6.07, 6.45) is 1.29. The van der Waals surface area contributed by atoms with E-state index in [1.807, 2.05) is 6.07 Å². The van der Waals surface area contributed by atoms with Crippen LogP contribution in [0.1, 0.15) is 32.8 Å². The van der Waals surface area contributed by atoms with E-state index in [9.17, 15) is 0 Å². The molecule has 1 unspecified atom stereocenters. The molecule has 17 heavy (non-hydrogen) atoms. The van der Waals surface area contributed by atoms with E-state index in [0.29, 0.717) is 5.41 Å². The van der Waals surface area contributed by atoms with E-state index in [1.54, 1.807) is 0 Å². The van der Waals surface area contributed by atoms with Crippen LogP contribution >= 0.6 is 0 Å². The molecule has 1 saturated heterocycles. The molecule has 1 aromatic carbocycles. The van der Waals surface area contributed by atoms with Crippen molar-refractivity contribution in [1.29, 1.82) is 0 Å². The van der Waals surface area contributed by atoms with E-state index in [2.05, 4.69) is 44.7 Å². The van der Waals surface area contributed by atoms with Gasteiger partial charge in [-0.2, -0.15) is 0 Å². The zero-order valence-corrected chi connectivity index (χ0v) is 11.5. The Hall–Kier alpha value is -1.18. The fraction of sp³-hybridized carbons (Fsp3) is 0.600. The number of nitrogen functional groups attached to an aromatic ring is 1. The van der Waals surface area contributed by atoms with Gasteiger partial charge in [-0.05, 0) is 42.4 Å². The van der Waals surface area contributed by atoms with Crippen molar-refractivity contribution in [2.75, 3.05) is 23.7 Å². The first kappa shape index (κ1) is 12.3. The minimum atomic E-state index is 0.406. The van der Waals surface area contributed by atoms with Crippen LogP contribution in [-0.4, -0.2) is 13.1 Å². The summed E-state index contributed by atoms with van der Waals surface area (Å²) in [7, 11) is 0. The molecule has 0 radical (unpaired) electrons. The normalized spacial score (nSPS) is 20.9. The van der Waals surface area contributed by atoms with Gasteiger partial charge >= 0.3 is 0 Å². The second-order valence-corrected chi connectivity index (χ2v) is 6.34. The first-order valence-corrected chi connectivity index (χ1v) is 6.49. The fourth-order valence-electron chi connectivity index (χ4n) is 2.65. The molecule has 1 atom stereocenters. The highest BCUT2D eigenvalue weighted by atomic mass is 15.2. The summed E-state index contributed by atoms with van der Waals surface area (Å²) in [6.45, 7) is 11.5. The Morgan fingerprint density at radius 1 is 1.29 bits per heavy atom. The summed E-state index contributed by atoms with van der Waals surface area (Å²) in [5.41, 5.74) is 9.80. The van der Waals surface area contributed by atoms with Gasteiger partial charge in [-0.15, -0.1) is 0 Å². The second-order valence-electron chi connectivity index (χ2n) is 6.34.